The molecule has 0 amide bonds. The zero-order valence-corrected chi connectivity index (χ0v) is 28.1. The van der Waals surface area contributed by atoms with E-state index in [-0.39, 0.29) is 25.0 Å². The molecular weight excluding hydrogens is 544 g/mol. The molecule has 0 saturated carbocycles. The SMILES string of the molecule is Cc1c(C)c2c(c(CCC(O)CO)c1OC(=O)CCC(=O)O)CC[C@@](C)(CCC[C@H](C)CCC[C@H](C)CCCC(C)C)O2. The quantitative estimate of drug-likeness (QED) is 0.102. The highest BCUT2D eigenvalue weighted by Crippen LogP contribution is 2.46. The van der Waals surface area contributed by atoms with Crippen molar-refractivity contribution in [3.8, 4) is 11.5 Å². The lowest BCUT2D eigenvalue weighted by atomic mass is 9.82. The third kappa shape index (κ3) is 12.4. The summed E-state index contributed by atoms with van der Waals surface area (Å²) in [4.78, 5) is 23.5. The second-order valence-corrected chi connectivity index (χ2v) is 14.0. The first-order valence-electron chi connectivity index (χ1n) is 16.8. The van der Waals surface area contributed by atoms with E-state index in [0.29, 0.717) is 24.5 Å². The van der Waals surface area contributed by atoms with Gasteiger partial charge in [0.2, 0.25) is 0 Å². The summed E-state index contributed by atoms with van der Waals surface area (Å²) in [5.74, 6) is 1.95. The van der Waals surface area contributed by atoms with Crippen LogP contribution in [0.1, 0.15) is 140 Å². The Bertz CT molecular complexity index is 1030. The molecule has 2 rings (SSSR count). The van der Waals surface area contributed by atoms with Crippen LogP contribution in [0.3, 0.4) is 0 Å². The van der Waals surface area contributed by atoms with E-state index >= 15 is 0 Å². The zero-order chi connectivity index (χ0) is 32.2. The molecule has 1 aromatic carbocycles. The number of hydrogen-bond acceptors (Lipinski definition) is 6. The Morgan fingerprint density at radius 3 is 2.09 bits per heavy atom. The van der Waals surface area contributed by atoms with E-state index in [1.807, 2.05) is 13.8 Å². The van der Waals surface area contributed by atoms with Gasteiger partial charge in [0.1, 0.15) is 17.1 Å². The van der Waals surface area contributed by atoms with E-state index < -0.39 is 18.0 Å². The Hall–Kier alpha value is -2.12. The monoisotopic (exact) mass is 604 g/mol. The average molecular weight is 605 g/mol. The lowest BCUT2D eigenvalue weighted by Crippen LogP contribution is -2.37. The van der Waals surface area contributed by atoms with Gasteiger partial charge in [0.15, 0.2) is 0 Å². The first-order valence-corrected chi connectivity index (χ1v) is 16.8. The Kier molecular flexibility index (Phi) is 15.5. The van der Waals surface area contributed by atoms with E-state index in [9.17, 15) is 19.8 Å². The topological polar surface area (TPSA) is 113 Å². The van der Waals surface area contributed by atoms with Crippen molar-refractivity contribution < 1.29 is 34.4 Å². The minimum atomic E-state index is -1.05. The van der Waals surface area contributed by atoms with Crippen molar-refractivity contribution in [3.05, 3.63) is 22.3 Å². The fourth-order valence-electron chi connectivity index (χ4n) is 6.31. The minimum absolute atomic E-state index is 0.214. The Balaban J connectivity index is 2.04. The molecule has 0 saturated heterocycles. The second-order valence-electron chi connectivity index (χ2n) is 14.0. The number of rotatable bonds is 20. The summed E-state index contributed by atoms with van der Waals surface area (Å²) < 4.78 is 12.5. The fraction of sp³-hybridized carbons (Fsp3) is 0.778. The Morgan fingerprint density at radius 2 is 1.51 bits per heavy atom. The van der Waals surface area contributed by atoms with Crippen LogP contribution in [0.2, 0.25) is 0 Å². The number of carbonyl (C=O) groups is 2. The zero-order valence-electron chi connectivity index (χ0n) is 28.1. The molecule has 3 N–H and O–H groups in total. The molecule has 1 aromatic rings. The molecule has 246 valence electrons. The third-order valence-electron chi connectivity index (χ3n) is 9.38. The van der Waals surface area contributed by atoms with Crippen LogP contribution in [-0.2, 0) is 22.4 Å². The van der Waals surface area contributed by atoms with Gasteiger partial charge in [-0.05, 0) is 88.2 Å². The van der Waals surface area contributed by atoms with Gasteiger partial charge in [-0.25, -0.2) is 0 Å². The number of carboxylic acids is 1. The molecular formula is C36H60O7. The number of carbonyl (C=O) groups excluding carboxylic acids is 1. The molecule has 4 atom stereocenters. The molecule has 0 aromatic heterocycles. The first kappa shape index (κ1) is 37.1. The van der Waals surface area contributed by atoms with Crippen molar-refractivity contribution in [1.29, 1.82) is 0 Å². The largest absolute Gasteiger partial charge is 0.487 e. The fourth-order valence-corrected chi connectivity index (χ4v) is 6.31. The predicted molar refractivity (Wildman–Crippen MR) is 172 cm³/mol. The lowest BCUT2D eigenvalue weighted by molar-refractivity contribution is -0.142. The van der Waals surface area contributed by atoms with E-state index in [1.165, 1.54) is 44.9 Å². The van der Waals surface area contributed by atoms with Crippen molar-refractivity contribution in [1.82, 2.24) is 0 Å². The number of aliphatic hydroxyl groups is 2. The maximum Gasteiger partial charge on any atom is 0.311 e. The van der Waals surface area contributed by atoms with Crippen molar-refractivity contribution in [2.24, 2.45) is 17.8 Å². The number of aliphatic carboxylic acids is 1. The molecule has 7 heteroatoms. The van der Waals surface area contributed by atoms with Crippen LogP contribution in [0.5, 0.6) is 11.5 Å². The molecule has 0 bridgehead atoms. The van der Waals surface area contributed by atoms with Crippen molar-refractivity contribution in [2.75, 3.05) is 6.61 Å². The van der Waals surface area contributed by atoms with Crippen LogP contribution < -0.4 is 9.47 Å². The van der Waals surface area contributed by atoms with Gasteiger partial charge >= 0.3 is 11.9 Å². The molecule has 0 aliphatic carbocycles. The van der Waals surface area contributed by atoms with Crippen LogP contribution in [0.25, 0.3) is 0 Å². The smallest absolute Gasteiger partial charge is 0.311 e. The normalized spacial score (nSPS) is 18.6. The number of carboxylic acid groups (broad SMARTS) is 1. The molecule has 43 heavy (non-hydrogen) atoms. The van der Waals surface area contributed by atoms with Gasteiger partial charge in [-0.2, -0.15) is 0 Å². The van der Waals surface area contributed by atoms with E-state index in [0.717, 1.165) is 65.5 Å². The highest BCUT2D eigenvalue weighted by atomic mass is 16.5. The number of aliphatic hydroxyl groups excluding tert-OH is 2. The molecule has 0 radical (unpaired) electrons. The Labute approximate surface area is 260 Å². The maximum absolute atomic E-state index is 12.5. The van der Waals surface area contributed by atoms with Gasteiger partial charge in [-0.15, -0.1) is 0 Å². The number of benzene rings is 1. The number of hydrogen-bond donors (Lipinski definition) is 3. The van der Waals surface area contributed by atoms with Crippen molar-refractivity contribution >= 4 is 11.9 Å². The van der Waals surface area contributed by atoms with Gasteiger partial charge in [-0.1, -0.05) is 72.6 Å². The molecule has 7 nitrogen and oxygen atoms in total. The van der Waals surface area contributed by atoms with Gasteiger partial charge in [0, 0.05) is 11.1 Å². The van der Waals surface area contributed by atoms with Gasteiger partial charge in [0.25, 0.3) is 0 Å². The van der Waals surface area contributed by atoms with Gasteiger partial charge in [0.05, 0.1) is 25.6 Å². The standard InChI is InChI=1S/C36H60O7/c1-24(2)11-8-12-25(3)13-9-14-26(4)15-10-21-36(7)22-20-31-30(17-16-29(38)23-37)34(27(5)28(6)35(31)43-36)42-33(41)19-18-32(39)40/h24-26,29,37-38H,8-23H2,1-7H3,(H,39,40)/t25-,26-,29?,36-/m1/s1. The van der Waals surface area contributed by atoms with Crippen LogP contribution in [0.15, 0.2) is 0 Å². The van der Waals surface area contributed by atoms with Crippen LogP contribution >= 0.6 is 0 Å². The van der Waals surface area contributed by atoms with E-state index in [1.54, 1.807) is 0 Å². The molecule has 1 aliphatic heterocycles. The van der Waals surface area contributed by atoms with Gasteiger partial charge < -0.3 is 24.8 Å². The predicted octanol–water partition coefficient (Wildman–Crippen LogP) is 7.88. The van der Waals surface area contributed by atoms with E-state index in [2.05, 4.69) is 34.6 Å². The van der Waals surface area contributed by atoms with Crippen LogP contribution in [-0.4, -0.2) is 45.6 Å². The summed E-state index contributed by atoms with van der Waals surface area (Å²) in [6.45, 7) is 15.1. The summed E-state index contributed by atoms with van der Waals surface area (Å²) in [6.07, 6.45) is 12.2. The Morgan fingerprint density at radius 1 is 0.907 bits per heavy atom. The number of fused-ring (bicyclic) bond motifs is 1. The highest BCUT2D eigenvalue weighted by Gasteiger charge is 2.35. The van der Waals surface area contributed by atoms with Crippen molar-refractivity contribution in [2.45, 2.75) is 156 Å². The maximum atomic E-state index is 12.5. The molecule has 1 heterocycles. The van der Waals surface area contributed by atoms with E-state index in [4.69, 9.17) is 14.6 Å². The lowest BCUT2D eigenvalue weighted by Gasteiger charge is -2.39. The molecule has 0 fully saturated rings. The number of esters is 1. The number of ether oxygens (including phenoxy) is 2. The van der Waals surface area contributed by atoms with Crippen LogP contribution in [0, 0.1) is 31.6 Å². The summed E-state index contributed by atoms with van der Waals surface area (Å²) in [6, 6.07) is 0. The van der Waals surface area contributed by atoms with Crippen LogP contribution in [0.4, 0.5) is 0 Å². The average Bonchev–Trinajstić information content (AvgIpc) is 2.94. The summed E-state index contributed by atoms with van der Waals surface area (Å²) >= 11 is 0. The third-order valence-corrected chi connectivity index (χ3v) is 9.38. The molecule has 0 spiro atoms. The first-order chi connectivity index (χ1) is 20.3. The summed E-state index contributed by atoms with van der Waals surface area (Å²) in [5, 5.41) is 28.4. The summed E-state index contributed by atoms with van der Waals surface area (Å²) in [5.41, 5.74) is 3.22. The molecule has 1 aliphatic rings. The van der Waals surface area contributed by atoms with Gasteiger partial charge in [-0.3, -0.25) is 9.59 Å². The van der Waals surface area contributed by atoms with Crippen molar-refractivity contribution in [3.63, 3.8) is 0 Å². The minimum Gasteiger partial charge on any atom is -0.487 e. The second kappa shape index (κ2) is 18.0. The summed E-state index contributed by atoms with van der Waals surface area (Å²) in [7, 11) is 0. The highest BCUT2D eigenvalue weighted by molar-refractivity contribution is 5.79. The molecule has 1 unspecified atom stereocenters.